The molecule has 18 heavy (non-hydrogen) atoms. The van der Waals surface area contributed by atoms with Crippen LogP contribution in [0.1, 0.15) is 30.5 Å². The van der Waals surface area contributed by atoms with E-state index in [1.165, 1.54) is 22.3 Å². The van der Waals surface area contributed by atoms with Crippen LogP contribution in [0.4, 0.5) is 0 Å². The van der Waals surface area contributed by atoms with Gasteiger partial charge in [0.25, 0.3) is 0 Å². The second-order valence-electron chi connectivity index (χ2n) is 4.56. The Morgan fingerprint density at radius 3 is 2.44 bits per heavy atom. The van der Waals surface area contributed by atoms with Gasteiger partial charge in [0.1, 0.15) is 0 Å². The molecule has 0 amide bonds. The molecule has 94 valence electrons. The lowest BCUT2D eigenvalue weighted by atomic mass is 9.98. The molecule has 0 spiro atoms. The highest BCUT2D eigenvalue weighted by Gasteiger charge is 2.07. The van der Waals surface area contributed by atoms with Crippen molar-refractivity contribution in [3.8, 4) is 11.1 Å². The first-order valence-corrected chi connectivity index (χ1v) is 6.44. The van der Waals surface area contributed by atoms with Gasteiger partial charge in [-0.25, -0.2) is 0 Å². The summed E-state index contributed by atoms with van der Waals surface area (Å²) in [6.07, 6.45) is 4.86. The molecule has 1 N–H and O–H groups in total. The predicted octanol–water partition coefficient (Wildman–Crippen LogP) is 3.73. The molecule has 2 rings (SSSR count). The van der Waals surface area contributed by atoms with Gasteiger partial charge in [-0.3, -0.25) is 4.98 Å². The highest BCUT2D eigenvalue weighted by Crippen LogP contribution is 2.24. The van der Waals surface area contributed by atoms with Crippen LogP contribution < -0.4 is 5.32 Å². The molecule has 1 aromatic heterocycles. The fraction of sp³-hybridized carbons (Fsp3) is 0.312. The summed E-state index contributed by atoms with van der Waals surface area (Å²) in [7, 11) is 2.01. The zero-order chi connectivity index (χ0) is 13.0. The van der Waals surface area contributed by atoms with Crippen LogP contribution in [0, 0.1) is 6.92 Å². The first-order chi connectivity index (χ1) is 8.76. The maximum atomic E-state index is 4.20. The third-order valence-corrected chi connectivity index (χ3v) is 3.42. The molecule has 1 aromatic carbocycles. The number of rotatable bonds is 4. The molecule has 1 heterocycles. The van der Waals surface area contributed by atoms with Crippen LogP contribution in [0.15, 0.2) is 42.7 Å². The van der Waals surface area contributed by atoms with Gasteiger partial charge in [0, 0.05) is 24.0 Å². The Labute approximate surface area is 109 Å². The van der Waals surface area contributed by atoms with Crippen LogP contribution in [0.3, 0.4) is 0 Å². The summed E-state index contributed by atoms with van der Waals surface area (Å²) < 4.78 is 0. The second kappa shape index (κ2) is 5.78. The Morgan fingerprint density at radius 2 is 1.89 bits per heavy atom. The van der Waals surface area contributed by atoms with E-state index in [-0.39, 0.29) is 0 Å². The third kappa shape index (κ3) is 2.59. The number of aryl methyl sites for hydroxylation is 1. The molecule has 2 aromatic rings. The Bertz CT molecular complexity index is 499. The quantitative estimate of drug-likeness (QED) is 0.881. The lowest BCUT2D eigenvalue weighted by molar-refractivity contribution is 0.577. The highest BCUT2D eigenvalue weighted by atomic mass is 14.9. The van der Waals surface area contributed by atoms with Crippen LogP contribution in [-0.2, 0) is 0 Å². The van der Waals surface area contributed by atoms with E-state index in [1.54, 1.807) is 0 Å². The smallest absolute Gasteiger partial charge is 0.0349 e. The number of nitrogens with one attached hydrogen (secondary N) is 1. The molecular weight excluding hydrogens is 220 g/mol. The molecule has 0 saturated heterocycles. The number of benzene rings is 1. The van der Waals surface area contributed by atoms with E-state index < -0.39 is 0 Å². The first-order valence-electron chi connectivity index (χ1n) is 6.44. The Kier molecular flexibility index (Phi) is 4.11. The maximum Gasteiger partial charge on any atom is 0.0349 e. The van der Waals surface area contributed by atoms with Gasteiger partial charge >= 0.3 is 0 Å². The Hall–Kier alpha value is -1.67. The van der Waals surface area contributed by atoms with Crippen molar-refractivity contribution in [2.45, 2.75) is 26.3 Å². The molecule has 2 nitrogen and oxygen atoms in total. The molecule has 0 aliphatic heterocycles. The molecule has 0 aliphatic carbocycles. The van der Waals surface area contributed by atoms with E-state index in [2.05, 4.69) is 48.4 Å². The van der Waals surface area contributed by atoms with Crippen LogP contribution in [0.5, 0.6) is 0 Å². The molecule has 2 heteroatoms. The normalized spacial score (nSPS) is 12.4. The third-order valence-electron chi connectivity index (χ3n) is 3.42. The Morgan fingerprint density at radius 1 is 1.17 bits per heavy atom. The van der Waals surface area contributed by atoms with Gasteiger partial charge in [-0.2, -0.15) is 0 Å². The number of aromatic nitrogens is 1. The van der Waals surface area contributed by atoms with E-state index >= 15 is 0 Å². The maximum absolute atomic E-state index is 4.20. The van der Waals surface area contributed by atoms with E-state index in [9.17, 15) is 0 Å². The minimum atomic E-state index is 0.439. The average molecular weight is 240 g/mol. The molecule has 0 fully saturated rings. The van der Waals surface area contributed by atoms with Crippen LogP contribution in [-0.4, -0.2) is 12.0 Å². The molecular formula is C16H20N2. The predicted molar refractivity (Wildman–Crippen MR) is 76.5 cm³/mol. The number of nitrogens with zero attached hydrogens (tertiary/aromatic N) is 1. The van der Waals surface area contributed by atoms with Gasteiger partial charge in [-0.15, -0.1) is 0 Å². The first kappa shape index (κ1) is 12.8. The average Bonchev–Trinajstić information content (AvgIpc) is 2.42. The van der Waals surface area contributed by atoms with Gasteiger partial charge < -0.3 is 5.32 Å². The number of hydrogen-bond acceptors (Lipinski definition) is 2. The minimum Gasteiger partial charge on any atom is -0.313 e. The zero-order valence-electron chi connectivity index (χ0n) is 11.3. The van der Waals surface area contributed by atoms with E-state index in [1.807, 2.05) is 25.5 Å². The summed E-state index contributed by atoms with van der Waals surface area (Å²) in [4.78, 5) is 4.20. The highest BCUT2D eigenvalue weighted by molar-refractivity contribution is 5.66. The van der Waals surface area contributed by atoms with Gasteiger partial charge in [0.15, 0.2) is 0 Å². The fourth-order valence-electron chi connectivity index (χ4n) is 2.27. The van der Waals surface area contributed by atoms with Crippen molar-refractivity contribution in [1.29, 1.82) is 0 Å². The van der Waals surface area contributed by atoms with Gasteiger partial charge in [-0.05, 0) is 43.1 Å². The van der Waals surface area contributed by atoms with E-state index in [4.69, 9.17) is 0 Å². The van der Waals surface area contributed by atoms with Crippen molar-refractivity contribution in [2.24, 2.45) is 0 Å². The zero-order valence-corrected chi connectivity index (χ0v) is 11.3. The van der Waals surface area contributed by atoms with Crippen molar-refractivity contribution in [3.63, 3.8) is 0 Å². The minimum absolute atomic E-state index is 0.439. The lowest BCUT2D eigenvalue weighted by Crippen LogP contribution is -2.14. The van der Waals surface area contributed by atoms with Gasteiger partial charge in [-0.1, -0.05) is 31.2 Å². The van der Waals surface area contributed by atoms with Crippen molar-refractivity contribution in [1.82, 2.24) is 10.3 Å². The van der Waals surface area contributed by atoms with Crippen LogP contribution in [0.2, 0.25) is 0 Å². The van der Waals surface area contributed by atoms with E-state index in [0.29, 0.717) is 6.04 Å². The molecule has 0 bridgehead atoms. The van der Waals surface area contributed by atoms with Crippen molar-refractivity contribution in [3.05, 3.63) is 53.9 Å². The molecule has 0 aliphatic rings. The van der Waals surface area contributed by atoms with Gasteiger partial charge in [0.05, 0.1) is 0 Å². The fourth-order valence-corrected chi connectivity index (χ4v) is 2.27. The van der Waals surface area contributed by atoms with Crippen molar-refractivity contribution >= 4 is 0 Å². The summed E-state index contributed by atoms with van der Waals surface area (Å²) >= 11 is 0. The number of hydrogen-bond donors (Lipinski definition) is 1. The second-order valence-corrected chi connectivity index (χ2v) is 4.56. The SMILES string of the molecule is CCC(NC)c1ccc(-c2cnccc2C)cc1. The largest absolute Gasteiger partial charge is 0.313 e. The Balaban J connectivity index is 2.30. The summed E-state index contributed by atoms with van der Waals surface area (Å²) in [5.41, 5.74) is 5.04. The lowest BCUT2D eigenvalue weighted by Gasteiger charge is -2.15. The summed E-state index contributed by atoms with van der Waals surface area (Å²) in [5.74, 6) is 0. The van der Waals surface area contributed by atoms with Crippen molar-refractivity contribution < 1.29 is 0 Å². The topological polar surface area (TPSA) is 24.9 Å². The molecule has 1 atom stereocenters. The molecule has 0 radical (unpaired) electrons. The van der Waals surface area contributed by atoms with E-state index in [0.717, 1.165) is 6.42 Å². The standard InChI is InChI=1S/C16H20N2/c1-4-16(17-3)14-7-5-13(6-8-14)15-11-18-10-9-12(15)2/h5-11,16-17H,4H2,1-3H3. The summed E-state index contributed by atoms with van der Waals surface area (Å²) in [6.45, 7) is 4.31. The summed E-state index contributed by atoms with van der Waals surface area (Å²) in [6, 6.07) is 11.2. The number of pyridine rings is 1. The van der Waals surface area contributed by atoms with Crippen molar-refractivity contribution in [2.75, 3.05) is 7.05 Å². The molecule has 0 saturated carbocycles. The molecule has 1 unspecified atom stereocenters. The monoisotopic (exact) mass is 240 g/mol. The van der Waals surface area contributed by atoms with Crippen LogP contribution >= 0.6 is 0 Å². The van der Waals surface area contributed by atoms with Crippen LogP contribution in [0.25, 0.3) is 11.1 Å². The summed E-state index contributed by atoms with van der Waals surface area (Å²) in [5, 5.41) is 3.33. The van der Waals surface area contributed by atoms with Gasteiger partial charge in [0.2, 0.25) is 0 Å².